The van der Waals surface area contributed by atoms with Gasteiger partial charge in [0.05, 0.1) is 12.3 Å². The maximum absolute atomic E-state index is 12.1. The van der Waals surface area contributed by atoms with Crippen LogP contribution in [-0.4, -0.2) is 18.5 Å². The lowest BCUT2D eigenvalue weighted by atomic mass is 10.3. The molecule has 0 spiro atoms. The molecule has 0 radical (unpaired) electrons. The third-order valence-corrected chi connectivity index (χ3v) is 4.87. The molecule has 1 aromatic carbocycles. The van der Waals surface area contributed by atoms with Crippen molar-refractivity contribution in [3.8, 4) is 0 Å². The normalized spacial score (nSPS) is 11.5. The Labute approximate surface area is 127 Å². The van der Waals surface area contributed by atoms with Gasteiger partial charge in [-0.15, -0.1) is 0 Å². The number of hydrogen-bond acceptors (Lipinski definition) is 3. The van der Waals surface area contributed by atoms with Crippen molar-refractivity contribution in [2.24, 2.45) is 0 Å². The smallest absolute Gasteiger partial charge is 0.263 e. The zero-order chi connectivity index (χ0) is 14.0. The largest absolute Gasteiger partial charge is 0.390 e. The van der Waals surface area contributed by atoms with E-state index in [1.165, 1.54) is 12.3 Å². The van der Waals surface area contributed by atoms with E-state index in [0.29, 0.717) is 15.9 Å². The number of hydrogen-bond donors (Lipinski definition) is 3. The second-order valence-electron chi connectivity index (χ2n) is 3.75. The van der Waals surface area contributed by atoms with Crippen LogP contribution in [-0.2, 0) is 16.6 Å². The lowest BCUT2D eigenvalue weighted by molar-refractivity contribution is 0.277. The van der Waals surface area contributed by atoms with Crippen molar-refractivity contribution in [3.63, 3.8) is 0 Å². The Bertz CT molecular complexity index is 698. The van der Waals surface area contributed by atoms with Crippen LogP contribution in [0.5, 0.6) is 0 Å². The van der Waals surface area contributed by atoms with E-state index in [-0.39, 0.29) is 11.5 Å². The first-order valence-electron chi connectivity index (χ1n) is 5.18. The van der Waals surface area contributed by atoms with E-state index in [9.17, 15) is 8.42 Å². The number of nitrogens with one attached hydrogen (secondary N) is 2. The number of aliphatic hydroxyl groups excluding tert-OH is 1. The average Bonchev–Trinajstić information content (AvgIpc) is 2.82. The Morgan fingerprint density at radius 1 is 1.26 bits per heavy atom. The number of rotatable bonds is 4. The molecule has 0 unspecified atom stereocenters. The molecule has 0 fully saturated rings. The van der Waals surface area contributed by atoms with Crippen LogP contribution in [0.4, 0.5) is 5.69 Å². The Hall–Kier alpha value is -0.830. The Balaban J connectivity index is 2.30. The van der Waals surface area contributed by atoms with Gasteiger partial charge in [-0.1, -0.05) is 15.9 Å². The van der Waals surface area contributed by atoms with Crippen LogP contribution in [0.2, 0.25) is 0 Å². The van der Waals surface area contributed by atoms with Crippen molar-refractivity contribution in [3.05, 3.63) is 45.1 Å². The van der Waals surface area contributed by atoms with Gasteiger partial charge in [0.25, 0.3) is 10.0 Å². The molecule has 0 aliphatic heterocycles. The molecule has 0 bridgehead atoms. The molecule has 102 valence electrons. The van der Waals surface area contributed by atoms with Crippen molar-refractivity contribution in [1.29, 1.82) is 0 Å². The van der Waals surface area contributed by atoms with E-state index in [2.05, 4.69) is 41.6 Å². The number of aliphatic hydroxyl groups is 1. The molecular weight excluding hydrogens is 400 g/mol. The average molecular weight is 410 g/mol. The second kappa shape index (κ2) is 5.66. The molecule has 19 heavy (non-hydrogen) atoms. The maximum Gasteiger partial charge on any atom is 0.263 e. The molecular formula is C11H10Br2N2O3S. The Morgan fingerprint density at radius 3 is 2.58 bits per heavy atom. The standard InChI is InChI=1S/C11H10Br2N2O3S/c12-7-1-2-11(10(13)3-7)15-19(17,18)9-4-8(6-16)14-5-9/h1-5,14-16H,6H2. The molecule has 8 heteroatoms. The van der Waals surface area contributed by atoms with Gasteiger partial charge in [-0.3, -0.25) is 4.72 Å². The minimum absolute atomic E-state index is 0.0753. The van der Waals surface area contributed by atoms with Crippen molar-refractivity contribution < 1.29 is 13.5 Å². The highest BCUT2D eigenvalue weighted by atomic mass is 79.9. The quantitative estimate of drug-likeness (QED) is 0.726. The molecule has 0 aliphatic carbocycles. The number of benzene rings is 1. The SMILES string of the molecule is O=S(=O)(Nc1ccc(Br)cc1Br)c1c[nH]c(CO)c1. The molecule has 2 rings (SSSR count). The monoisotopic (exact) mass is 408 g/mol. The lowest BCUT2D eigenvalue weighted by Crippen LogP contribution is -2.12. The van der Waals surface area contributed by atoms with E-state index in [4.69, 9.17) is 5.11 Å². The van der Waals surface area contributed by atoms with E-state index in [1.807, 2.05) is 0 Å². The van der Waals surface area contributed by atoms with E-state index in [1.54, 1.807) is 18.2 Å². The topological polar surface area (TPSA) is 82.2 Å². The molecule has 5 nitrogen and oxygen atoms in total. The van der Waals surface area contributed by atoms with Crippen LogP contribution < -0.4 is 4.72 Å². The summed E-state index contributed by atoms with van der Waals surface area (Å²) in [7, 11) is -3.68. The van der Waals surface area contributed by atoms with E-state index < -0.39 is 10.0 Å². The first-order chi connectivity index (χ1) is 8.92. The molecule has 0 saturated carbocycles. The van der Waals surface area contributed by atoms with Crippen molar-refractivity contribution in [2.45, 2.75) is 11.5 Å². The van der Waals surface area contributed by atoms with Gasteiger partial charge in [-0.25, -0.2) is 8.42 Å². The summed E-state index contributed by atoms with van der Waals surface area (Å²) in [4.78, 5) is 2.76. The zero-order valence-electron chi connectivity index (χ0n) is 9.52. The maximum atomic E-state index is 12.1. The third kappa shape index (κ3) is 3.38. The number of H-pyrrole nitrogens is 1. The molecule has 2 aromatic rings. The van der Waals surface area contributed by atoms with Crippen LogP contribution in [0.1, 0.15) is 5.69 Å². The third-order valence-electron chi connectivity index (χ3n) is 2.37. The summed E-state index contributed by atoms with van der Waals surface area (Å²) >= 11 is 6.58. The van der Waals surface area contributed by atoms with Gasteiger partial charge in [-0.05, 0) is 40.2 Å². The summed E-state index contributed by atoms with van der Waals surface area (Å²) < 4.78 is 28.2. The molecule has 1 heterocycles. The zero-order valence-corrected chi connectivity index (χ0v) is 13.5. The van der Waals surface area contributed by atoms with Gasteiger partial charge in [-0.2, -0.15) is 0 Å². The number of aromatic nitrogens is 1. The number of sulfonamides is 1. The Kier molecular flexibility index (Phi) is 4.34. The first-order valence-corrected chi connectivity index (χ1v) is 8.25. The van der Waals surface area contributed by atoms with Crippen LogP contribution in [0.3, 0.4) is 0 Å². The molecule has 0 aliphatic rings. The summed E-state index contributed by atoms with van der Waals surface area (Å²) in [6, 6.07) is 6.51. The Morgan fingerprint density at radius 2 is 2.00 bits per heavy atom. The van der Waals surface area contributed by atoms with Crippen molar-refractivity contribution in [1.82, 2.24) is 4.98 Å². The van der Waals surface area contributed by atoms with Crippen LogP contribution in [0.15, 0.2) is 44.3 Å². The first kappa shape index (κ1) is 14.6. The fourth-order valence-corrected chi connectivity index (χ4v) is 3.82. The van der Waals surface area contributed by atoms with Gasteiger partial charge in [0.15, 0.2) is 0 Å². The van der Waals surface area contributed by atoms with E-state index >= 15 is 0 Å². The summed E-state index contributed by atoms with van der Waals surface area (Å²) in [6.07, 6.45) is 1.33. The van der Waals surface area contributed by atoms with Crippen LogP contribution in [0.25, 0.3) is 0 Å². The summed E-state index contributed by atoms with van der Waals surface area (Å²) in [5.74, 6) is 0. The van der Waals surface area contributed by atoms with Gasteiger partial charge in [0, 0.05) is 20.8 Å². The van der Waals surface area contributed by atoms with Crippen LogP contribution >= 0.6 is 31.9 Å². The fraction of sp³-hybridized carbons (Fsp3) is 0.0909. The summed E-state index contributed by atoms with van der Waals surface area (Å²) in [6.45, 7) is -0.239. The van der Waals surface area contributed by atoms with Gasteiger partial charge < -0.3 is 10.1 Å². The molecule has 0 saturated heterocycles. The summed E-state index contributed by atoms with van der Waals surface area (Å²) in [5.41, 5.74) is 0.880. The highest BCUT2D eigenvalue weighted by Crippen LogP contribution is 2.28. The van der Waals surface area contributed by atoms with Crippen molar-refractivity contribution >= 4 is 47.6 Å². The molecule has 1 aromatic heterocycles. The van der Waals surface area contributed by atoms with Gasteiger partial charge >= 0.3 is 0 Å². The van der Waals surface area contributed by atoms with Gasteiger partial charge in [0.2, 0.25) is 0 Å². The lowest BCUT2D eigenvalue weighted by Gasteiger charge is -2.08. The molecule has 0 amide bonds. The minimum atomic E-state index is -3.68. The predicted octanol–water partition coefficient (Wildman–Crippen LogP) is 2.83. The molecule has 0 atom stereocenters. The predicted molar refractivity (Wildman–Crippen MR) is 79.4 cm³/mol. The molecule has 3 N–H and O–H groups in total. The highest BCUT2D eigenvalue weighted by molar-refractivity contribution is 9.11. The fourth-order valence-electron chi connectivity index (χ4n) is 1.44. The van der Waals surface area contributed by atoms with Crippen LogP contribution in [0, 0.1) is 0 Å². The van der Waals surface area contributed by atoms with Crippen molar-refractivity contribution in [2.75, 3.05) is 4.72 Å². The number of aromatic amines is 1. The number of anilines is 1. The summed E-state index contributed by atoms with van der Waals surface area (Å²) in [5, 5.41) is 8.92. The minimum Gasteiger partial charge on any atom is -0.390 e. The second-order valence-corrected chi connectivity index (χ2v) is 7.20. The number of halogens is 2. The van der Waals surface area contributed by atoms with E-state index in [0.717, 1.165) is 4.47 Å². The van der Waals surface area contributed by atoms with Gasteiger partial charge in [0.1, 0.15) is 4.90 Å². The highest BCUT2D eigenvalue weighted by Gasteiger charge is 2.17.